The maximum absolute atomic E-state index is 16.7. The zero-order valence-corrected chi connectivity index (χ0v) is 28.3. The van der Waals surface area contributed by atoms with E-state index in [0.29, 0.717) is 19.5 Å². The molecule has 0 saturated heterocycles. The summed E-state index contributed by atoms with van der Waals surface area (Å²) < 4.78 is 80.9. The van der Waals surface area contributed by atoms with Crippen LogP contribution >= 0.6 is 77.3 Å². The first-order valence-electron chi connectivity index (χ1n) is 13.2. The Morgan fingerprint density at radius 1 is 0.636 bits per heavy atom. The van der Waals surface area contributed by atoms with Crippen LogP contribution in [0.1, 0.15) is 35.5 Å². The molecule has 0 aliphatic heterocycles. The van der Waals surface area contributed by atoms with Crippen LogP contribution in [0.2, 0.25) is 0 Å². The van der Waals surface area contributed by atoms with Crippen LogP contribution in [0, 0.1) is 0 Å². The lowest BCUT2D eigenvalue weighted by Crippen LogP contribution is -2.48. The Balaban J connectivity index is 1.58. The van der Waals surface area contributed by atoms with Crippen LogP contribution in [0.4, 0.5) is 22.0 Å². The standard InChI is InChI=1S/C32H18F5PS6/c1-2-16-9-10-20(42-16)22-15-18-26-25(30(33,34)32(36,37)31(26,35)38)17-14-21(19-6-3-11-39-19)43-27(17)29(28(18)44-22,23-7-4-12-40-23)24-8-5-13-41-24/h2-15H,1,38H2. The predicted octanol–water partition coefficient (Wildman–Crippen LogP) is 12.5. The topological polar surface area (TPSA) is 0 Å². The lowest BCUT2D eigenvalue weighted by molar-refractivity contribution is -0.195. The van der Waals surface area contributed by atoms with E-state index < -0.39 is 33.8 Å². The molecule has 2 unspecified atom stereocenters. The van der Waals surface area contributed by atoms with Crippen LogP contribution in [0.25, 0.3) is 36.7 Å². The van der Waals surface area contributed by atoms with Gasteiger partial charge >= 0.3 is 11.8 Å². The van der Waals surface area contributed by atoms with Gasteiger partial charge in [0.15, 0.2) is 0 Å². The summed E-state index contributed by atoms with van der Waals surface area (Å²) in [6.45, 7) is 3.84. The van der Waals surface area contributed by atoms with E-state index in [1.54, 1.807) is 18.2 Å². The van der Waals surface area contributed by atoms with Gasteiger partial charge in [0.25, 0.3) is 0 Å². The molecule has 12 heteroatoms. The van der Waals surface area contributed by atoms with Gasteiger partial charge in [0.05, 0.1) is 0 Å². The highest BCUT2D eigenvalue weighted by Crippen LogP contribution is 2.72. The summed E-state index contributed by atoms with van der Waals surface area (Å²) in [6.07, 6.45) is 1.71. The summed E-state index contributed by atoms with van der Waals surface area (Å²) in [5.74, 6) is -9.78. The second-order valence-electron chi connectivity index (χ2n) is 10.4. The first-order chi connectivity index (χ1) is 21.0. The summed E-state index contributed by atoms with van der Waals surface area (Å²) in [6, 6.07) is 18.4. The number of allylic oxidation sites excluding steroid dienone is 2. The number of rotatable bonds is 5. The normalized spacial score (nSPS) is 21.1. The fourth-order valence-electron chi connectivity index (χ4n) is 6.14. The minimum Gasteiger partial charge on any atom is -0.227 e. The van der Waals surface area contributed by atoms with Gasteiger partial charge in [-0.15, -0.1) is 68.0 Å². The van der Waals surface area contributed by atoms with Gasteiger partial charge in [-0.1, -0.05) is 40.1 Å². The molecule has 8 rings (SSSR count). The van der Waals surface area contributed by atoms with Gasteiger partial charge in [-0.05, 0) is 64.2 Å². The van der Waals surface area contributed by atoms with Crippen molar-refractivity contribution in [3.8, 4) is 19.5 Å². The van der Waals surface area contributed by atoms with Crippen molar-refractivity contribution in [3.63, 3.8) is 0 Å². The van der Waals surface area contributed by atoms with E-state index >= 15 is 22.0 Å². The van der Waals surface area contributed by atoms with Crippen molar-refractivity contribution in [3.05, 3.63) is 119 Å². The Morgan fingerprint density at radius 3 is 1.73 bits per heavy atom. The molecule has 0 saturated carbocycles. The number of fused-ring (bicyclic) bond motifs is 4. The van der Waals surface area contributed by atoms with Crippen LogP contribution in [-0.2, 0) is 5.41 Å². The summed E-state index contributed by atoms with van der Waals surface area (Å²) in [4.78, 5) is 6.63. The molecule has 0 aromatic carbocycles. The maximum Gasteiger partial charge on any atom is 0.355 e. The molecule has 0 amide bonds. The third kappa shape index (κ3) is 3.66. The van der Waals surface area contributed by atoms with Gasteiger partial charge in [0.2, 0.25) is 5.41 Å². The van der Waals surface area contributed by atoms with Gasteiger partial charge in [-0.3, -0.25) is 0 Å². The van der Waals surface area contributed by atoms with Crippen LogP contribution in [0.5, 0.6) is 0 Å². The highest BCUT2D eigenvalue weighted by molar-refractivity contribution is 7.24. The number of hydrogen-bond acceptors (Lipinski definition) is 6. The molecular weight excluding hydrogens is 703 g/mol. The summed E-state index contributed by atoms with van der Waals surface area (Å²) in [5.41, 5.74) is -2.68. The van der Waals surface area contributed by atoms with Gasteiger partial charge < -0.3 is 0 Å². The molecule has 2 aliphatic carbocycles. The number of hydrogen-bond donors (Lipinski definition) is 0. The zero-order valence-electron chi connectivity index (χ0n) is 22.2. The van der Waals surface area contributed by atoms with Crippen molar-refractivity contribution >= 4 is 94.5 Å². The van der Waals surface area contributed by atoms with Crippen molar-refractivity contribution < 1.29 is 22.0 Å². The van der Waals surface area contributed by atoms with E-state index in [-0.39, 0.29) is 11.1 Å². The third-order valence-corrected chi connectivity index (χ3v) is 15.6. The van der Waals surface area contributed by atoms with Crippen LogP contribution in [-0.4, -0.2) is 17.3 Å². The van der Waals surface area contributed by atoms with E-state index in [0.717, 1.165) is 24.4 Å². The largest absolute Gasteiger partial charge is 0.355 e. The molecule has 0 fully saturated rings. The predicted molar refractivity (Wildman–Crippen MR) is 183 cm³/mol. The summed E-state index contributed by atoms with van der Waals surface area (Å²) in [7, 11) is 1.47. The van der Waals surface area contributed by atoms with Crippen LogP contribution in [0.3, 0.4) is 0 Å². The van der Waals surface area contributed by atoms with Crippen molar-refractivity contribution in [1.82, 2.24) is 0 Å². The molecule has 44 heavy (non-hydrogen) atoms. The summed E-state index contributed by atoms with van der Waals surface area (Å²) in [5, 5.41) is 2.01. The van der Waals surface area contributed by atoms with Crippen LogP contribution < -0.4 is 0 Å². The lowest BCUT2D eigenvalue weighted by Gasteiger charge is -2.34. The fraction of sp³-hybridized carbons (Fsp3) is 0.125. The van der Waals surface area contributed by atoms with E-state index in [9.17, 15) is 0 Å². The molecule has 0 N–H and O–H groups in total. The Hall–Kier alpha value is -2.24. The zero-order chi connectivity index (χ0) is 30.6. The SMILES string of the molecule is C=Cc1ccc(-c2cc3c(s2)C(c2cccs2)(c2cccs2)c2sc(-c4cccs4)cc2C2=C3C(F)(P)C(F)(F)C2(F)F)s1. The fourth-order valence-corrected chi connectivity index (χ4v) is 13.5. The second-order valence-corrected chi connectivity index (χ2v) is 17.3. The average molecular weight is 721 g/mol. The molecular formula is C32H18F5PS6. The minimum absolute atomic E-state index is 0.0307. The third-order valence-electron chi connectivity index (χ3n) is 8.08. The van der Waals surface area contributed by atoms with Gasteiger partial charge in [0.1, 0.15) is 5.41 Å². The Kier molecular flexibility index (Phi) is 6.55. The van der Waals surface area contributed by atoms with Gasteiger partial charge in [-0.25, -0.2) is 4.39 Å². The first kappa shape index (κ1) is 29.2. The van der Waals surface area contributed by atoms with E-state index in [2.05, 4.69) is 6.58 Å². The number of thiophene rings is 6. The van der Waals surface area contributed by atoms with Gasteiger partial charge in [-0.2, -0.15) is 17.6 Å². The second kappa shape index (κ2) is 9.88. The molecule has 6 aromatic rings. The molecule has 2 atom stereocenters. The molecule has 0 bridgehead atoms. The molecule has 6 heterocycles. The van der Waals surface area contributed by atoms with Crippen molar-refractivity contribution in [2.24, 2.45) is 0 Å². The van der Waals surface area contributed by atoms with Crippen molar-refractivity contribution in [2.45, 2.75) is 22.7 Å². The maximum atomic E-state index is 16.7. The average Bonchev–Trinajstić information content (AvgIpc) is 3.83. The molecule has 222 valence electrons. The van der Waals surface area contributed by atoms with Crippen molar-refractivity contribution in [2.75, 3.05) is 0 Å². The molecule has 0 nitrogen and oxygen atoms in total. The highest BCUT2D eigenvalue weighted by atomic mass is 32.1. The van der Waals surface area contributed by atoms with E-state index in [4.69, 9.17) is 0 Å². The van der Waals surface area contributed by atoms with Crippen molar-refractivity contribution in [1.29, 1.82) is 0 Å². The summed E-state index contributed by atoms with van der Waals surface area (Å²) >= 11 is 8.49. The smallest absolute Gasteiger partial charge is 0.227 e. The van der Waals surface area contributed by atoms with Gasteiger partial charge in [0, 0.05) is 60.6 Å². The first-order valence-corrected chi connectivity index (χ1v) is 18.8. The van der Waals surface area contributed by atoms with Crippen LogP contribution in [0.15, 0.2) is 83.4 Å². The quantitative estimate of drug-likeness (QED) is 0.123. The lowest BCUT2D eigenvalue weighted by atomic mass is 9.78. The Labute approximate surface area is 275 Å². The molecule has 6 aromatic heterocycles. The Morgan fingerprint density at radius 2 is 1.20 bits per heavy atom. The molecule has 0 radical (unpaired) electrons. The molecule has 2 aliphatic rings. The minimum atomic E-state index is -5.00. The number of alkyl halides is 5. The Bertz CT molecular complexity index is 2040. The molecule has 0 spiro atoms. The highest BCUT2D eigenvalue weighted by Gasteiger charge is 2.78. The number of halogens is 5. The monoisotopic (exact) mass is 720 g/mol. The van der Waals surface area contributed by atoms with E-state index in [1.165, 1.54) is 77.3 Å². The van der Waals surface area contributed by atoms with E-state index in [1.807, 2.05) is 64.7 Å².